The van der Waals surface area contributed by atoms with Gasteiger partial charge in [-0.2, -0.15) is 0 Å². The van der Waals surface area contributed by atoms with E-state index in [1.165, 1.54) is 0 Å². The summed E-state index contributed by atoms with van der Waals surface area (Å²) in [5.41, 5.74) is -2.37. The fourth-order valence-electron chi connectivity index (χ4n) is 1.70. The molecule has 110 valence electrons. The average Bonchev–Trinajstić information content (AvgIpc) is 2.36. The van der Waals surface area contributed by atoms with Crippen molar-refractivity contribution in [3.8, 4) is 0 Å². The first-order valence-corrected chi connectivity index (χ1v) is 5.55. The number of aliphatic hydroxyl groups excluding tert-OH is 1. The number of allylic oxidation sites excluding steroid dienone is 1. The van der Waals surface area contributed by atoms with Crippen molar-refractivity contribution in [1.82, 2.24) is 0 Å². The molecule has 0 fully saturated rings. The van der Waals surface area contributed by atoms with E-state index in [0.717, 1.165) is 32.0 Å². The quantitative estimate of drug-likeness (QED) is 0.218. The summed E-state index contributed by atoms with van der Waals surface area (Å²) in [7, 11) is 0. The first-order valence-electron chi connectivity index (χ1n) is 5.55. The molecule has 1 aromatic rings. The van der Waals surface area contributed by atoms with Crippen molar-refractivity contribution < 1.29 is 24.5 Å². The van der Waals surface area contributed by atoms with Crippen LogP contribution in [0.25, 0.3) is 5.76 Å². The smallest absolute Gasteiger partial charge is 0.346 e. The van der Waals surface area contributed by atoms with Crippen LogP contribution in [0.15, 0.2) is 23.8 Å². The second kappa shape index (κ2) is 5.90. The Labute approximate surface area is 117 Å². The molecule has 0 saturated heterocycles. The number of rotatable bonds is 5. The minimum atomic E-state index is -0.990. The highest BCUT2D eigenvalue weighted by molar-refractivity contribution is 6.22. The van der Waals surface area contributed by atoms with Gasteiger partial charge in [0, 0.05) is 17.7 Å². The molecule has 0 spiro atoms. The van der Waals surface area contributed by atoms with Gasteiger partial charge in [0.25, 0.3) is 0 Å². The second-order valence-corrected chi connectivity index (χ2v) is 4.05. The molecule has 0 aliphatic carbocycles. The van der Waals surface area contributed by atoms with Crippen molar-refractivity contribution in [2.45, 2.75) is 13.8 Å². The lowest BCUT2D eigenvalue weighted by Crippen LogP contribution is -2.09. The molecule has 0 heterocycles. The van der Waals surface area contributed by atoms with Gasteiger partial charge in [-0.1, -0.05) is 0 Å². The number of nitrogens with zero attached hydrogens (tertiary/aromatic N) is 2. The Kier molecular flexibility index (Phi) is 4.49. The molecule has 1 aromatic carbocycles. The van der Waals surface area contributed by atoms with Gasteiger partial charge in [-0.15, -0.1) is 0 Å². The summed E-state index contributed by atoms with van der Waals surface area (Å²) in [6.07, 6.45) is 0. The lowest BCUT2D eigenvalue weighted by Gasteiger charge is -2.05. The molecule has 9 nitrogen and oxygen atoms in total. The number of nitro benzene ring substituents is 2. The van der Waals surface area contributed by atoms with Crippen molar-refractivity contribution in [2.24, 2.45) is 0 Å². The number of nitro groups is 2. The Hall–Kier alpha value is -3.10. The third-order valence-corrected chi connectivity index (χ3v) is 2.58. The number of benzene rings is 1. The van der Waals surface area contributed by atoms with Crippen molar-refractivity contribution in [1.29, 1.82) is 0 Å². The third-order valence-electron chi connectivity index (χ3n) is 2.58. The van der Waals surface area contributed by atoms with E-state index in [1.54, 1.807) is 0 Å². The number of aliphatic hydroxyl groups is 1. The molecule has 0 amide bonds. The monoisotopic (exact) mass is 294 g/mol. The van der Waals surface area contributed by atoms with E-state index in [-0.39, 0.29) is 5.56 Å². The summed E-state index contributed by atoms with van der Waals surface area (Å²) in [6.45, 7) is 2.10. The Bertz CT molecular complexity index is 675. The summed E-state index contributed by atoms with van der Waals surface area (Å²) in [6, 6.07) is 2.58. The molecule has 0 radical (unpaired) electrons. The maximum absolute atomic E-state index is 11.3. The number of carbonyl (C=O) groups is 2. The van der Waals surface area contributed by atoms with E-state index in [9.17, 15) is 34.9 Å². The number of carbonyl (C=O) groups excluding carboxylic acids is 2. The van der Waals surface area contributed by atoms with Crippen molar-refractivity contribution >= 4 is 28.7 Å². The molecule has 9 heteroatoms. The Balaban J connectivity index is 3.59. The van der Waals surface area contributed by atoms with Gasteiger partial charge in [-0.3, -0.25) is 29.8 Å². The Morgan fingerprint density at radius 1 is 1.00 bits per heavy atom. The highest BCUT2D eigenvalue weighted by Crippen LogP contribution is 2.30. The first-order chi connectivity index (χ1) is 9.66. The number of Topliss-reactive ketones (excluding diaryl/α,β-unsaturated/α-hetero) is 2. The molecule has 1 rings (SSSR count). The molecule has 1 N–H and O–H groups in total. The van der Waals surface area contributed by atoms with Gasteiger partial charge in [-0.05, 0) is 19.9 Å². The molecule has 0 unspecified atom stereocenters. The standard InChI is InChI=1S/C12H10N2O7/c1-6(15)11(7(2)16)12(17)8-3-4-9(13(18)19)10(5-8)14(20)21/h3-5,17H,1-2H3. The van der Waals surface area contributed by atoms with Gasteiger partial charge in [0.1, 0.15) is 11.3 Å². The normalized spacial score (nSPS) is 9.81. The number of hydrogen-bond acceptors (Lipinski definition) is 7. The van der Waals surface area contributed by atoms with E-state index in [0.29, 0.717) is 0 Å². The molecule has 0 bridgehead atoms. The molecule has 0 aromatic heterocycles. The van der Waals surface area contributed by atoms with E-state index < -0.39 is 44.1 Å². The van der Waals surface area contributed by atoms with Gasteiger partial charge < -0.3 is 5.11 Å². The first kappa shape index (κ1) is 16.0. The lowest BCUT2D eigenvalue weighted by molar-refractivity contribution is -0.422. The van der Waals surface area contributed by atoms with Crippen molar-refractivity contribution in [3.05, 3.63) is 49.6 Å². The zero-order valence-electron chi connectivity index (χ0n) is 11.0. The SMILES string of the molecule is CC(=O)C(C(C)=O)=C(O)c1ccc([N+](=O)[O-])c([N+](=O)[O-])c1. The molecule has 0 aliphatic heterocycles. The van der Waals surface area contributed by atoms with E-state index >= 15 is 0 Å². The summed E-state index contributed by atoms with van der Waals surface area (Å²) < 4.78 is 0. The van der Waals surface area contributed by atoms with Crippen LogP contribution in [0, 0.1) is 20.2 Å². The van der Waals surface area contributed by atoms with Crippen LogP contribution in [-0.2, 0) is 9.59 Å². The van der Waals surface area contributed by atoms with Gasteiger partial charge in [-0.25, -0.2) is 0 Å². The maximum atomic E-state index is 11.3. The van der Waals surface area contributed by atoms with E-state index in [2.05, 4.69) is 0 Å². The summed E-state index contributed by atoms with van der Waals surface area (Å²) in [5, 5.41) is 31.4. The molecular weight excluding hydrogens is 284 g/mol. The van der Waals surface area contributed by atoms with Gasteiger partial charge in [0.15, 0.2) is 11.6 Å². The van der Waals surface area contributed by atoms with Gasteiger partial charge in [0.2, 0.25) is 0 Å². The maximum Gasteiger partial charge on any atom is 0.346 e. The van der Waals surface area contributed by atoms with Crippen LogP contribution in [0.3, 0.4) is 0 Å². The summed E-state index contributed by atoms with van der Waals surface area (Å²) in [5.74, 6) is -2.20. The fraction of sp³-hybridized carbons (Fsp3) is 0.167. The van der Waals surface area contributed by atoms with Gasteiger partial charge >= 0.3 is 11.4 Å². The van der Waals surface area contributed by atoms with Crippen LogP contribution >= 0.6 is 0 Å². The highest BCUT2D eigenvalue weighted by atomic mass is 16.6. The minimum absolute atomic E-state index is 0.229. The van der Waals surface area contributed by atoms with Crippen LogP contribution in [0.2, 0.25) is 0 Å². The van der Waals surface area contributed by atoms with Gasteiger partial charge in [0.05, 0.1) is 9.85 Å². The average molecular weight is 294 g/mol. The fourth-order valence-corrected chi connectivity index (χ4v) is 1.70. The second-order valence-electron chi connectivity index (χ2n) is 4.05. The van der Waals surface area contributed by atoms with Crippen LogP contribution in [0.5, 0.6) is 0 Å². The molecular formula is C12H10N2O7. The zero-order valence-corrected chi connectivity index (χ0v) is 11.0. The summed E-state index contributed by atoms with van der Waals surface area (Å²) in [4.78, 5) is 42.2. The zero-order chi connectivity index (χ0) is 16.3. The van der Waals surface area contributed by atoms with E-state index in [4.69, 9.17) is 0 Å². The van der Waals surface area contributed by atoms with Crippen LogP contribution in [-0.4, -0.2) is 26.5 Å². The molecule has 0 saturated carbocycles. The Morgan fingerprint density at radius 2 is 1.48 bits per heavy atom. The van der Waals surface area contributed by atoms with Crippen molar-refractivity contribution in [3.63, 3.8) is 0 Å². The predicted octanol–water partition coefficient (Wildman–Crippen LogP) is 1.95. The summed E-state index contributed by atoms with van der Waals surface area (Å²) >= 11 is 0. The number of hydrogen-bond donors (Lipinski definition) is 1. The molecule has 0 atom stereocenters. The Morgan fingerprint density at radius 3 is 1.86 bits per heavy atom. The largest absolute Gasteiger partial charge is 0.506 e. The van der Waals surface area contributed by atoms with Crippen LogP contribution in [0.1, 0.15) is 19.4 Å². The molecule has 21 heavy (non-hydrogen) atoms. The topological polar surface area (TPSA) is 141 Å². The lowest BCUT2D eigenvalue weighted by atomic mass is 10.0. The van der Waals surface area contributed by atoms with E-state index in [1.807, 2.05) is 0 Å². The number of ketones is 2. The third kappa shape index (κ3) is 3.26. The molecule has 0 aliphatic rings. The van der Waals surface area contributed by atoms with Crippen LogP contribution in [0.4, 0.5) is 11.4 Å². The predicted molar refractivity (Wildman–Crippen MR) is 70.7 cm³/mol. The minimum Gasteiger partial charge on any atom is -0.506 e. The van der Waals surface area contributed by atoms with Crippen molar-refractivity contribution in [2.75, 3.05) is 0 Å². The highest BCUT2D eigenvalue weighted by Gasteiger charge is 2.26. The van der Waals surface area contributed by atoms with Crippen LogP contribution < -0.4 is 0 Å².